The van der Waals surface area contributed by atoms with Crippen LogP contribution in [0.25, 0.3) is 16.0 Å². The minimum Gasteiger partial charge on any atom is -0.477 e. The van der Waals surface area contributed by atoms with Crippen LogP contribution in [0.3, 0.4) is 0 Å². The smallest absolute Gasteiger partial charge is 0.351 e. The van der Waals surface area contributed by atoms with Gasteiger partial charge in [-0.05, 0) is 24.0 Å². The summed E-state index contributed by atoms with van der Waals surface area (Å²) in [6.07, 6.45) is 1.11. The van der Waals surface area contributed by atoms with Gasteiger partial charge in [0.1, 0.15) is 5.69 Å². The van der Waals surface area contributed by atoms with E-state index in [0.717, 1.165) is 5.56 Å². The fourth-order valence-corrected chi connectivity index (χ4v) is 4.80. The monoisotopic (exact) mass is 402 g/mol. The minimum absolute atomic E-state index is 0.102. The third-order valence-electron chi connectivity index (χ3n) is 5.01. The van der Waals surface area contributed by atoms with Crippen molar-refractivity contribution in [3.8, 4) is 11.1 Å². The van der Waals surface area contributed by atoms with Gasteiger partial charge >= 0.3 is 5.97 Å². The molecular formula is C19H22N4O4S. The van der Waals surface area contributed by atoms with Crippen LogP contribution in [0.5, 0.6) is 0 Å². The van der Waals surface area contributed by atoms with Gasteiger partial charge in [-0.3, -0.25) is 0 Å². The molecule has 1 fully saturated rings. The van der Waals surface area contributed by atoms with Crippen molar-refractivity contribution < 1.29 is 18.3 Å². The largest absolute Gasteiger partial charge is 0.477 e. The Morgan fingerprint density at radius 1 is 1.32 bits per heavy atom. The van der Waals surface area contributed by atoms with E-state index in [-0.39, 0.29) is 5.69 Å². The maximum absolute atomic E-state index is 11.8. The number of carboxylic acid groups (broad SMARTS) is 1. The maximum Gasteiger partial charge on any atom is 0.351 e. The number of hydrogen-bond donors (Lipinski definition) is 2. The molecule has 2 heterocycles. The van der Waals surface area contributed by atoms with Crippen LogP contribution in [-0.4, -0.2) is 48.0 Å². The molecule has 0 unspecified atom stereocenters. The van der Waals surface area contributed by atoms with E-state index in [1.54, 1.807) is 23.7 Å². The first kappa shape index (κ1) is 20.1. The Bertz CT molecular complexity index is 1050. The molecule has 1 aromatic carbocycles. The molecule has 1 aliphatic heterocycles. The molecule has 3 rings (SSSR count). The summed E-state index contributed by atoms with van der Waals surface area (Å²) in [5.41, 5.74) is 3.20. The predicted octanol–water partition coefficient (Wildman–Crippen LogP) is 2.20. The number of nitrogens with one attached hydrogen (secondary N) is 1. The Balaban J connectivity index is 1.90. The zero-order chi connectivity index (χ0) is 20.5. The van der Waals surface area contributed by atoms with Crippen LogP contribution in [0.4, 0.5) is 5.69 Å². The zero-order valence-electron chi connectivity index (χ0n) is 15.8. The molecule has 0 saturated carbocycles. The number of carbonyl (C=O) groups is 1. The van der Waals surface area contributed by atoms with E-state index in [9.17, 15) is 18.3 Å². The third-order valence-corrected chi connectivity index (χ3v) is 6.63. The molecule has 1 aromatic heterocycles. The van der Waals surface area contributed by atoms with Crippen molar-refractivity contribution in [3.05, 3.63) is 52.6 Å². The van der Waals surface area contributed by atoms with E-state index in [2.05, 4.69) is 9.57 Å². The van der Waals surface area contributed by atoms with Crippen molar-refractivity contribution in [1.29, 1.82) is 0 Å². The first-order chi connectivity index (χ1) is 13.3. The second kappa shape index (κ2) is 7.75. The molecule has 0 amide bonds. The average Bonchev–Trinajstić information content (AvgIpc) is 3.15. The topological polar surface area (TPSA) is 96.0 Å². The van der Waals surface area contributed by atoms with Gasteiger partial charge in [0, 0.05) is 37.9 Å². The highest BCUT2D eigenvalue weighted by molar-refractivity contribution is 7.87. The Labute approximate surface area is 164 Å². The van der Waals surface area contributed by atoms with Gasteiger partial charge in [0.25, 0.3) is 10.2 Å². The summed E-state index contributed by atoms with van der Waals surface area (Å²) in [7, 11) is -1.69. The third kappa shape index (κ3) is 3.54. The normalized spacial score (nSPS) is 16.2. The lowest BCUT2D eigenvalue weighted by molar-refractivity contribution is 0.0687. The summed E-state index contributed by atoms with van der Waals surface area (Å²) in [4.78, 5) is 15.4. The molecule has 2 aromatic rings. The standard InChI is InChI=1S/C19H22N4O4S/c1-4-15-17(20-2)16(18(19(24)25)22(15)3)14-7-5-13(6-8-14)9-11-23-12-10-21-28(23,26)27/h5-8,21H,4,9-12H2,1,3H3,(H,24,25). The van der Waals surface area contributed by atoms with Gasteiger partial charge in [0.05, 0.1) is 6.57 Å². The Hall–Kier alpha value is -2.67. The highest BCUT2D eigenvalue weighted by Gasteiger charge is 2.27. The minimum atomic E-state index is -3.36. The van der Waals surface area contributed by atoms with Crippen molar-refractivity contribution >= 4 is 21.9 Å². The second-order valence-corrected chi connectivity index (χ2v) is 8.35. The van der Waals surface area contributed by atoms with Crippen LogP contribution < -0.4 is 4.72 Å². The van der Waals surface area contributed by atoms with Crippen LogP contribution in [0.2, 0.25) is 0 Å². The molecule has 1 saturated heterocycles. The molecule has 2 N–H and O–H groups in total. The molecule has 0 atom stereocenters. The van der Waals surface area contributed by atoms with Crippen LogP contribution in [0, 0.1) is 6.57 Å². The van der Waals surface area contributed by atoms with Gasteiger partial charge in [-0.2, -0.15) is 12.7 Å². The summed E-state index contributed by atoms with van der Waals surface area (Å²) in [6, 6.07) is 7.29. The summed E-state index contributed by atoms with van der Waals surface area (Å²) < 4.78 is 29.0. The van der Waals surface area contributed by atoms with Gasteiger partial charge in [-0.25, -0.2) is 14.4 Å². The number of aromatic carboxylic acids is 1. The van der Waals surface area contributed by atoms with Crippen LogP contribution in [-0.2, 0) is 30.1 Å². The SMILES string of the molecule is [C-]#[N+]c1c(-c2ccc(CCN3CCNS3(=O)=O)cc2)c(C(=O)O)n(C)c1CC. The summed E-state index contributed by atoms with van der Waals surface area (Å²) >= 11 is 0. The van der Waals surface area contributed by atoms with E-state index >= 15 is 0 Å². The number of carboxylic acids is 1. The fourth-order valence-electron chi connectivity index (χ4n) is 3.60. The molecule has 0 bridgehead atoms. The number of rotatable bonds is 6. The molecule has 148 valence electrons. The maximum atomic E-state index is 11.8. The Kier molecular flexibility index (Phi) is 5.56. The molecule has 0 radical (unpaired) electrons. The van der Waals surface area contributed by atoms with Crippen molar-refractivity contribution in [3.63, 3.8) is 0 Å². The molecule has 8 nitrogen and oxygen atoms in total. The first-order valence-electron chi connectivity index (χ1n) is 8.96. The van der Waals surface area contributed by atoms with E-state index < -0.39 is 16.2 Å². The number of nitrogens with zero attached hydrogens (tertiary/aromatic N) is 3. The Morgan fingerprint density at radius 3 is 2.50 bits per heavy atom. The van der Waals surface area contributed by atoms with Gasteiger partial charge < -0.3 is 9.67 Å². The van der Waals surface area contributed by atoms with Gasteiger partial charge in [0.2, 0.25) is 5.69 Å². The molecular weight excluding hydrogens is 380 g/mol. The summed E-state index contributed by atoms with van der Waals surface area (Å²) in [5, 5.41) is 9.65. The van der Waals surface area contributed by atoms with Crippen molar-refractivity contribution in [2.24, 2.45) is 7.05 Å². The predicted molar refractivity (Wildman–Crippen MR) is 106 cm³/mol. The number of benzene rings is 1. The Morgan fingerprint density at radius 2 is 2.00 bits per heavy atom. The lowest BCUT2D eigenvalue weighted by Gasteiger charge is -2.13. The van der Waals surface area contributed by atoms with Crippen molar-refractivity contribution in [1.82, 2.24) is 13.6 Å². The molecule has 0 aliphatic carbocycles. The lowest BCUT2D eigenvalue weighted by atomic mass is 10.0. The van der Waals surface area contributed by atoms with Crippen LogP contribution >= 0.6 is 0 Å². The second-order valence-electron chi connectivity index (χ2n) is 6.59. The van der Waals surface area contributed by atoms with Gasteiger partial charge in [0.15, 0.2) is 0 Å². The number of hydrogen-bond acceptors (Lipinski definition) is 3. The molecule has 0 spiro atoms. The van der Waals surface area contributed by atoms with Crippen molar-refractivity contribution in [2.45, 2.75) is 19.8 Å². The van der Waals surface area contributed by atoms with E-state index in [1.807, 2.05) is 19.1 Å². The van der Waals surface area contributed by atoms with Gasteiger partial charge in [-0.15, -0.1) is 0 Å². The van der Waals surface area contributed by atoms with Crippen LogP contribution in [0.1, 0.15) is 28.7 Å². The highest BCUT2D eigenvalue weighted by Crippen LogP contribution is 2.39. The fraction of sp³-hybridized carbons (Fsp3) is 0.368. The van der Waals surface area contributed by atoms with Crippen LogP contribution in [0.15, 0.2) is 24.3 Å². The first-order valence-corrected chi connectivity index (χ1v) is 10.4. The summed E-state index contributed by atoms with van der Waals surface area (Å²) in [6.45, 7) is 10.7. The van der Waals surface area contributed by atoms with Gasteiger partial charge in [-0.1, -0.05) is 31.2 Å². The highest BCUT2D eigenvalue weighted by atomic mass is 32.2. The van der Waals surface area contributed by atoms with E-state index in [1.165, 1.54) is 4.31 Å². The average molecular weight is 402 g/mol. The van der Waals surface area contributed by atoms with Crippen molar-refractivity contribution in [2.75, 3.05) is 19.6 Å². The van der Waals surface area contributed by atoms with E-state index in [0.29, 0.717) is 55.0 Å². The zero-order valence-corrected chi connectivity index (χ0v) is 16.6. The van der Waals surface area contributed by atoms with E-state index in [4.69, 9.17) is 6.57 Å². The lowest BCUT2D eigenvalue weighted by Crippen LogP contribution is -2.31. The quantitative estimate of drug-likeness (QED) is 0.724. The molecule has 9 heteroatoms. The molecule has 1 aliphatic rings. The summed E-state index contributed by atoms with van der Waals surface area (Å²) in [5.74, 6) is -1.07. The number of aromatic nitrogens is 1. The molecule has 28 heavy (non-hydrogen) atoms.